The second-order valence-corrected chi connectivity index (χ2v) is 5.59. The Bertz CT molecular complexity index is 536. The molecule has 0 unspecified atom stereocenters. The number of rotatable bonds is 2. The Hall–Kier alpha value is -0.800. The number of benzene rings is 2. The third kappa shape index (κ3) is 2.47. The molecule has 0 aliphatic rings. The van der Waals surface area contributed by atoms with E-state index in [4.69, 9.17) is 5.41 Å². The van der Waals surface area contributed by atoms with Gasteiger partial charge in [-0.15, -0.1) is 11.8 Å². The van der Waals surface area contributed by atoms with Gasteiger partial charge in [-0.1, -0.05) is 36.4 Å². The van der Waals surface area contributed by atoms with Crippen LogP contribution in [0, 0.1) is 5.41 Å². The molecule has 0 fully saturated rings. The summed E-state index contributed by atoms with van der Waals surface area (Å²) in [5, 5.41) is 10.6. The molecule has 2 rings (SSSR count). The Morgan fingerprint density at radius 2 is 2.00 bits per heavy atom. The molecule has 0 aliphatic heterocycles. The summed E-state index contributed by atoms with van der Waals surface area (Å²) in [4.78, 5) is 0. The molecule has 3 heteroatoms. The van der Waals surface area contributed by atoms with Crippen molar-refractivity contribution >= 4 is 43.5 Å². The van der Waals surface area contributed by atoms with Crippen molar-refractivity contribution in [3.8, 4) is 0 Å². The van der Waals surface area contributed by atoms with Crippen LogP contribution >= 0.6 is 27.7 Å². The van der Waals surface area contributed by atoms with Gasteiger partial charge in [-0.05, 0) is 39.2 Å². The molecule has 0 bridgehead atoms. The van der Waals surface area contributed by atoms with E-state index in [9.17, 15) is 0 Å². The molecule has 16 heavy (non-hydrogen) atoms. The van der Waals surface area contributed by atoms with E-state index in [-0.39, 0.29) is 0 Å². The maximum absolute atomic E-state index is 7.42. The van der Waals surface area contributed by atoms with Gasteiger partial charge in [-0.3, -0.25) is 5.41 Å². The fourth-order valence-corrected chi connectivity index (χ4v) is 3.01. The van der Waals surface area contributed by atoms with Crippen molar-refractivity contribution in [3.05, 3.63) is 46.4 Å². The van der Waals surface area contributed by atoms with E-state index >= 15 is 0 Å². The first kappa shape index (κ1) is 11.7. The SMILES string of the molecule is CC(=N)SCc1ccc2ccccc2c1Br. The lowest BCUT2D eigenvalue weighted by molar-refractivity contribution is 1.41. The first-order valence-electron chi connectivity index (χ1n) is 5.02. The highest BCUT2D eigenvalue weighted by Gasteiger charge is 2.04. The summed E-state index contributed by atoms with van der Waals surface area (Å²) in [5.41, 5.74) is 1.25. The van der Waals surface area contributed by atoms with Crippen LogP contribution in [0.1, 0.15) is 12.5 Å². The fraction of sp³-hybridized carbons (Fsp3) is 0.154. The second-order valence-electron chi connectivity index (χ2n) is 3.60. The number of halogens is 1. The second kappa shape index (κ2) is 5.02. The van der Waals surface area contributed by atoms with Gasteiger partial charge in [0.1, 0.15) is 0 Å². The summed E-state index contributed by atoms with van der Waals surface area (Å²) in [7, 11) is 0. The topological polar surface area (TPSA) is 23.9 Å². The summed E-state index contributed by atoms with van der Waals surface area (Å²) >= 11 is 5.21. The molecule has 0 heterocycles. The van der Waals surface area contributed by atoms with E-state index in [0.717, 1.165) is 10.2 Å². The van der Waals surface area contributed by atoms with E-state index in [2.05, 4.69) is 40.2 Å². The van der Waals surface area contributed by atoms with Crippen molar-refractivity contribution < 1.29 is 0 Å². The molecule has 0 radical (unpaired) electrons. The summed E-state index contributed by atoms with van der Waals surface area (Å²) in [6.45, 7) is 1.82. The number of hydrogen-bond donors (Lipinski definition) is 1. The van der Waals surface area contributed by atoms with Gasteiger partial charge < -0.3 is 0 Å². The van der Waals surface area contributed by atoms with Crippen LogP contribution in [0.15, 0.2) is 40.9 Å². The van der Waals surface area contributed by atoms with Gasteiger partial charge in [0.05, 0.1) is 5.04 Å². The number of nitrogens with one attached hydrogen (secondary N) is 1. The fourth-order valence-electron chi connectivity index (χ4n) is 1.58. The van der Waals surface area contributed by atoms with Gasteiger partial charge in [0.25, 0.3) is 0 Å². The highest BCUT2D eigenvalue weighted by molar-refractivity contribution is 9.10. The molecule has 0 aliphatic carbocycles. The zero-order chi connectivity index (χ0) is 11.5. The molecular formula is C13H12BrNS. The van der Waals surface area contributed by atoms with Crippen molar-refractivity contribution in [3.63, 3.8) is 0 Å². The predicted molar refractivity (Wildman–Crippen MR) is 76.3 cm³/mol. The van der Waals surface area contributed by atoms with Crippen molar-refractivity contribution in [2.45, 2.75) is 12.7 Å². The molecule has 82 valence electrons. The molecule has 1 nitrogen and oxygen atoms in total. The Balaban J connectivity index is 2.40. The molecule has 2 aromatic carbocycles. The van der Waals surface area contributed by atoms with Gasteiger partial charge in [0.15, 0.2) is 0 Å². The van der Waals surface area contributed by atoms with Gasteiger partial charge >= 0.3 is 0 Å². The number of thioether (sulfide) groups is 1. The maximum Gasteiger partial charge on any atom is 0.0613 e. The Morgan fingerprint density at radius 3 is 2.75 bits per heavy atom. The Morgan fingerprint density at radius 1 is 1.25 bits per heavy atom. The summed E-state index contributed by atoms with van der Waals surface area (Å²) in [5.74, 6) is 0.848. The molecule has 0 saturated heterocycles. The first-order valence-corrected chi connectivity index (χ1v) is 6.80. The van der Waals surface area contributed by atoms with Gasteiger partial charge in [-0.2, -0.15) is 0 Å². The highest BCUT2D eigenvalue weighted by atomic mass is 79.9. The van der Waals surface area contributed by atoms with Crippen LogP contribution in [0.5, 0.6) is 0 Å². The minimum Gasteiger partial charge on any atom is -0.299 e. The number of fused-ring (bicyclic) bond motifs is 1. The number of hydrogen-bond acceptors (Lipinski definition) is 2. The van der Waals surface area contributed by atoms with E-state index in [1.54, 1.807) is 11.8 Å². The van der Waals surface area contributed by atoms with Crippen molar-refractivity contribution in [1.82, 2.24) is 0 Å². The van der Waals surface area contributed by atoms with E-state index < -0.39 is 0 Å². The van der Waals surface area contributed by atoms with E-state index in [0.29, 0.717) is 5.04 Å². The van der Waals surface area contributed by atoms with Crippen molar-refractivity contribution in [2.75, 3.05) is 0 Å². The zero-order valence-corrected chi connectivity index (χ0v) is 11.4. The van der Waals surface area contributed by atoms with Gasteiger partial charge in [0, 0.05) is 10.2 Å². The average molecular weight is 294 g/mol. The van der Waals surface area contributed by atoms with Crippen LogP contribution in [-0.2, 0) is 5.75 Å². The minimum absolute atomic E-state index is 0.653. The van der Waals surface area contributed by atoms with Gasteiger partial charge in [0.2, 0.25) is 0 Å². The molecule has 0 atom stereocenters. The molecule has 0 spiro atoms. The standard InChI is InChI=1S/C13H12BrNS/c1-9(15)16-8-11-7-6-10-4-2-3-5-12(10)13(11)14/h2-7,15H,8H2,1H3. The van der Waals surface area contributed by atoms with Crippen molar-refractivity contribution in [1.29, 1.82) is 5.41 Å². The lowest BCUT2D eigenvalue weighted by atomic mass is 10.1. The maximum atomic E-state index is 7.42. The predicted octanol–water partition coefficient (Wildman–Crippen LogP) is 4.83. The van der Waals surface area contributed by atoms with Crippen LogP contribution < -0.4 is 0 Å². The molecule has 0 aromatic heterocycles. The average Bonchev–Trinajstić information content (AvgIpc) is 2.28. The minimum atomic E-state index is 0.653. The third-order valence-electron chi connectivity index (χ3n) is 2.39. The molecule has 0 saturated carbocycles. The Labute approximate surface area is 108 Å². The van der Waals surface area contributed by atoms with Gasteiger partial charge in [-0.25, -0.2) is 0 Å². The molecule has 1 N–H and O–H groups in total. The van der Waals surface area contributed by atoms with Crippen LogP contribution in [0.4, 0.5) is 0 Å². The largest absolute Gasteiger partial charge is 0.299 e. The molecule has 0 amide bonds. The molecule has 2 aromatic rings. The smallest absolute Gasteiger partial charge is 0.0613 e. The van der Waals surface area contributed by atoms with E-state index in [1.807, 2.05) is 19.1 Å². The highest BCUT2D eigenvalue weighted by Crippen LogP contribution is 2.30. The quantitative estimate of drug-likeness (QED) is 0.622. The Kier molecular flexibility index (Phi) is 3.66. The monoisotopic (exact) mass is 293 g/mol. The summed E-state index contributed by atoms with van der Waals surface area (Å²) < 4.78 is 1.15. The third-order valence-corrected chi connectivity index (χ3v) is 4.21. The molecular weight excluding hydrogens is 282 g/mol. The first-order chi connectivity index (χ1) is 7.68. The van der Waals surface area contributed by atoms with Crippen LogP contribution in [0.3, 0.4) is 0 Å². The van der Waals surface area contributed by atoms with E-state index in [1.165, 1.54) is 16.3 Å². The van der Waals surface area contributed by atoms with Crippen LogP contribution in [0.25, 0.3) is 10.8 Å². The van der Waals surface area contributed by atoms with Crippen LogP contribution in [0.2, 0.25) is 0 Å². The summed E-state index contributed by atoms with van der Waals surface area (Å²) in [6.07, 6.45) is 0. The lowest BCUT2D eigenvalue weighted by Crippen LogP contribution is -1.87. The van der Waals surface area contributed by atoms with Crippen molar-refractivity contribution in [2.24, 2.45) is 0 Å². The lowest BCUT2D eigenvalue weighted by Gasteiger charge is -2.07. The zero-order valence-electron chi connectivity index (χ0n) is 8.96. The summed E-state index contributed by atoms with van der Waals surface area (Å²) in [6, 6.07) is 12.6. The normalized spacial score (nSPS) is 10.6. The van der Waals surface area contributed by atoms with Crippen LogP contribution in [-0.4, -0.2) is 5.04 Å².